The Labute approximate surface area is 171 Å². The summed E-state index contributed by atoms with van der Waals surface area (Å²) in [4.78, 5) is 13.7. The van der Waals surface area contributed by atoms with Gasteiger partial charge in [0, 0.05) is 18.1 Å². The first kappa shape index (κ1) is 20.2. The Morgan fingerprint density at radius 3 is 2.47 bits per heavy atom. The van der Waals surface area contributed by atoms with Crippen LogP contribution in [0.15, 0.2) is 70.1 Å². The van der Waals surface area contributed by atoms with Crippen molar-refractivity contribution in [2.24, 2.45) is 0 Å². The summed E-state index contributed by atoms with van der Waals surface area (Å²) in [6.07, 6.45) is -2.11. The maximum absolute atomic E-state index is 12.6. The zero-order valence-electron chi connectivity index (χ0n) is 16.2. The topological polar surface area (TPSA) is 43.9 Å². The fourth-order valence-electron chi connectivity index (χ4n) is 3.63. The lowest BCUT2D eigenvalue weighted by atomic mass is 10.00. The van der Waals surface area contributed by atoms with Crippen molar-refractivity contribution in [1.82, 2.24) is 0 Å². The smallest absolute Gasteiger partial charge is 0.416 e. The molecule has 30 heavy (non-hydrogen) atoms. The second-order valence-electron chi connectivity index (χ2n) is 7.43. The molecule has 0 amide bonds. The highest BCUT2D eigenvalue weighted by molar-refractivity contribution is 5.27. The van der Waals surface area contributed by atoms with Crippen molar-refractivity contribution >= 4 is 0 Å². The van der Waals surface area contributed by atoms with Crippen LogP contribution in [0.2, 0.25) is 0 Å². The molecule has 0 bridgehead atoms. The molecular formula is C23H21F3NO3+. The molecule has 7 heteroatoms. The summed E-state index contributed by atoms with van der Waals surface area (Å²) >= 11 is 0. The number of rotatable bonds is 5. The van der Waals surface area contributed by atoms with Gasteiger partial charge >= 0.3 is 6.18 Å². The molecule has 2 heterocycles. The van der Waals surface area contributed by atoms with Gasteiger partial charge in [-0.25, -0.2) is 0 Å². The van der Waals surface area contributed by atoms with Crippen LogP contribution >= 0.6 is 0 Å². The van der Waals surface area contributed by atoms with E-state index < -0.39 is 11.7 Å². The van der Waals surface area contributed by atoms with E-state index in [0.717, 1.165) is 31.6 Å². The Morgan fingerprint density at radius 1 is 1.03 bits per heavy atom. The third-order valence-electron chi connectivity index (χ3n) is 5.26. The summed E-state index contributed by atoms with van der Waals surface area (Å²) in [6, 6.07) is 14.4. The van der Waals surface area contributed by atoms with Crippen molar-refractivity contribution in [3.63, 3.8) is 0 Å². The predicted octanol–water partition coefficient (Wildman–Crippen LogP) is 3.38. The van der Waals surface area contributed by atoms with Crippen LogP contribution < -0.4 is 15.1 Å². The minimum atomic E-state index is -4.38. The number of fused-ring (bicyclic) bond motifs is 1. The van der Waals surface area contributed by atoms with Crippen molar-refractivity contribution in [3.8, 4) is 5.75 Å². The molecule has 1 unspecified atom stereocenters. The SMILES string of the molecule is O=c1cc(C[NH+]2CCc3ccccc3C2)occ1OCc1ccc(C(F)(F)F)cc1. The maximum Gasteiger partial charge on any atom is 0.416 e. The third-order valence-corrected chi connectivity index (χ3v) is 5.26. The van der Waals surface area contributed by atoms with E-state index in [9.17, 15) is 18.0 Å². The molecule has 0 radical (unpaired) electrons. The highest BCUT2D eigenvalue weighted by Crippen LogP contribution is 2.29. The number of hydrogen-bond donors (Lipinski definition) is 1. The van der Waals surface area contributed by atoms with Gasteiger partial charge < -0.3 is 14.1 Å². The molecule has 1 aromatic heterocycles. The van der Waals surface area contributed by atoms with Crippen molar-refractivity contribution in [3.05, 3.63) is 99.1 Å². The van der Waals surface area contributed by atoms with Gasteiger partial charge in [-0.2, -0.15) is 13.2 Å². The summed E-state index contributed by atoms with van der Waals surface area (Å²) < 4.78 is 48.9. The molecule has 2 aromatic carbocycles. The van der Waals surface area contributed by atoms with Crippen molar-refractivity contribution in [2.75, 3.05) is 6.54 Å². The number of quaternary nitrogens is 1. The van der Waals surface area contributed by atoms with Crippen molar-refractivity contribution < 1.29 is 27.2 Å². The third kappa shape index (κ3) is 4.74. The van der Waals surface area contributed by atoms with Gasteiger partial charge in [-0.05, 0) is 23.3 Å². The molecule has 4 nitrogen and oxygen atoms in total. The van der Waals surface area contributed by atoms with E-state index in [0.29, 0.717) is 17.9 Å². The van der Waals surface area contributed by atoms with Crippen LogP contribution in [-0.2, 0) is 32.3 Å². The zero-order valence-corrected chi connectivity index (χ0v) is 16.2. The van der Waals surface area contributed by atoms with E-state index in [1.54, 1.807) is 0 Å². The second kappa shape index (κ2) is 8.36. The fraction of sp³-hybridized carbons (Fsp3) is 0.261. The van der Waals surface area contributed by atoms with Gasteiger partial charge in [0.05, 0.1) is 12.1 Å². The first-order chi connectivity index (χ1) is 14.4. The molecular weight excluding hydrogens is 395 g/mol. The van der Waals surface area contributed by atoms with Crippen molar-refractivity contribution in [1.29, 1.82) is 0 Å². The fourth-order valence-corrected chi connectivity index (χ4v) is 3.63. The Hall–Kier alpha value is -3.06. The molecule has 0 saturated heterocycles. The summed E-state index contributed by atoms with van der Waals surface area (Å²) in [5.41, 5.74) is 2.19. The minimum Gasteiger partial charge on any atom is -0.482 e. The lowest BCUT2D eigenvalue weighted by Gasteiger charge is -2.25. The summed E-state index contributed by atoms with van der Waals surface area (Å²) in [6.45, 7) is 2.43. The predicted molar refractivity (Wildman–Crippen MR) is 104 cm³/mol. The van der Waals surface area contributed by atoms with E-state index in [4.69, 9.17) is 9.15 Å². The highest BCUT2D eigenvalue weighted by Gasteiger charge is 2.30. The first-order valence-electron chi connectivity index (χ1n) is 9.69. The van der Waals surface area contributed by atoms with Crippen LogP contribution in [0, 0.1) is 0 Å². The van der Waals surface area contributed by atoms with Crippen LogP contribution in [-0.4, -0.2) is 6.54 Å². The van der Waals surface area contributed by atoms with E-state index >= 15 is 0 Å². The Bertz CT molecular complexity index is 1070. The molecule has 1 atom stereocenters. The number of nitrogens with one attached hydrogen (secondary N) is 1. The van der Waals surface area contributed by atoms with Crippen LogP contribution in [0.3, 0.4) is 0 Å². The summed E-state index contributed by atoms with van der Waals surface area (Å²) in [5, 5.41) is 0. The molecule has 1 aliphatic heterocycles. The average molecular weight is 416 g/mol. The monoisotopic (exact) mass is 416 g/mol. The van der Waals surface area contributed by atoms with E-state index in [2.05, 4.69) is 12.1 Å². The largest absolute Gasteiger partial charge is 0.482 e. The molecule has 0 spiro atoms. The molecule has 3 aromatic rings. The standard InChI is InChI=1S/C23H20F3NO3/c24-23(25,26)19-7-5-16(6-8-19)14-30-22-15-29-20(11-21(22)28)13-27-10-9-17-3-1-2-4-18(17)12-27/h1-8,11,15H,9-10,12-14H2/p+1. The lowest BCUT2D eigenvalue weighted by Crippen LogP contribution is -3.10. The minimum absolute atomic E-state index is 0.0175. The number of ether oxygens (including phenoxy) is 1. The zero-order chi connectivity index (χ0) is 21.1. The van der Waals surface area contributed by atoms with E-state index in [1.165, 1.54) is 40.5 Å². The molecule has 0 fully saturated rings. The molecule has 1 aliphatic rings. The van der Waals surface area contributed by atoms with Gasteiger partial charge in [0.15, 0.2) is 5.76 Å². The Balaban J connectivity index is 1.36. The molecule has 4 rings (SSSR count). The van der Waals surface area contributed by atoms with Gasteiger partial charge in [-0.15, -0.1) is 0 Å². The summed E-state index contributed by atoms with van der Waals surface area (Å²) in [7, 11) is 0. The quantitative estimate of drug-likeness (QED) is 0.694. The number of alkyl halides is 3. The Morgan fingerprint density at radius 2 is 1.77 bits per heavy atom. The van der Waals surface area contributed by atoms with Gasteiger partial charge in [0.2, 0.25) is 11.2 Å². The van der Waals surface area contributed by atoms with Gasteiger partial charge in [-0.3, -0.25) is 4.79 Å². The first-order valence-corrected chi connectivity index (χ1v) is 9.69. The maximum atomic E-state index is 12.6. The van der Waals surface area contributed by atoms with Gasteiger partial charge in [0.25, 0.3) is 0 Å². The number of hydrogen-bond acceptors (Lipinski definition) is 3. The second-order valence-corrected chi connectivity index (χ2v) is 7.43. The number of benzene rings is 2. The van der Waals surface area contributed by atoms with Crippen molar-refractivity contribution in [2.45, 2.75) is 32.3 Å². The summed E-state index contributed by atoms with van der Waals surface area (Å²) in [5.74, 6) is 0.619. The average Bonchev–Trinajstić information content (AvgIpc) is 2.73. The Kier molecular flexibility index (Phi) is 5.63. The lowest BCUT2D eigenvalue weighted by molar-refractivity contribution is -0.930. The normalized spacial score (nSPS) is 16.2. The molecule has 1 N–H and O–H groups in total. The van der Waals surface area contributed by atoms with Gasteiger partial charge in [0.1, 0.15) is 26.0 Å². The molecule has 156 valence electrons. The molecule has 0 aliphatic carbocycles. The van der Waals surface area contributed by atoms with Crippen LogP contribution in [0.5, 0.6) is 5.75 Å². The van der Waals surface area contributed by atoms with Gasteiger partial charge in [-0.1, -0.05) is 36.4 Å². The highest BCUT2D eigenvalue weighted by atomic mass is 19.4. The van der Waals surface area contributed by atoms with Crippen LogP contribution in [0.4, 0.5) is 13.2 Å². The van der Waals surface area contributed by atoms with E-state index in [-0.39, 0.29) is 17.8 Å². The number of halogens is 3. The van der Waals surface area contributed by atoms with Crippen LogP contribution in [0.1, 0.15) is 28.0 Å². The van der Waals surface area contributed by atoms with E-state index in [1.807, 2.05) is 12.1 Å². The van der Waals surface area contributed by atoms with Crippen LogP contribution in [0.25, 0.3) is 0 Å². The molecule has 0 saturated carbocycles.